The summed E-state index contributed by atoms with van der Waals surface area (Å²) in [7, 11) is 0. The van der Waals surface area contributed by atoms with Crippen molar-refractivity contribution in [3.63, 3.8) is 0 Å². The van der Waals surface area contributed by atoms with E-state index in [0.29, 0.717) is 12.1 Å². The van der Waals surface area contributed by atoms with Crippen LogP contribution in [0.3, 0.4) is 0 Å². The topological polar surface area (TPSA) is 41.6 Å². The maximum Gasteiger partial charge on any atom is 0.410 e. The standard InChI is InChI=1S/C17H32N2O2/c1-13-6-7-14(12-13)18-10-5-11-19(15-8-9-15)16(20)21-17(2,3)4/h13-15,18H,5-12H2,1-4H3. The molecule has 0 aromatic rings. The van der Waals surface area contributed by atoms with Crippen LogP contribution in [0.5, 0.6) is 0 Å². The molecule has 0 spiro atoms. The third-order valence-corrected chi connectivity index (χ3v) is 4.32. The minimum atomic E-state index is -0.400. The summed E-state index contributed by atoms with van der Waals surface area (Å²) in [5, 5.41) is 3.64. The molecule has 1 amide bonds. The second-order valence-electron chi connectivity index (χ2n) is 7.83. The van der Waals surface area contributed by atoms with E-state index in [1.165, 1.54) is 19.3 Å². The van der Waals surface area contributed by atoms with Crippen LogP contribution in [0.1, 0.15) is 66.2 Å². The Labute approximate surface area is 129 Å². The molecular formula is C17H32N2O2. The molecule has 0 bridgehead atoms. The van der Waals surface area contributed by atoms with Crippen molar-refractivity contribution in [3.8, 4) is 0 Å². The van der Waals surface area contributed by atoms with E-state index < -0.39 is 5.60 Å². The summed E-state index contributed by atoms with van der Waals surface area (Å²) in [6.45, 7) is 9.94. The first-order valence-corrected chi connectivity index (χ1v) is 8.58. The van der Waals surface area contributed by atoms with Gasteiger partial charge in [0.05, 0.1) is 0 Å². The van der Waals surface area contributed by atoms with Crippen molar-refractivity contribution in [3.05, 3.63) is 0 Å². The first kappa shape index (κ1) is 16.6. The normalized spacial score (nSPS) is 25.9. The van der Waals surface area contributed by atoms with Crippen molar-refractivity contribution in [1.29, 1.82) is 0 Å². The van der Waals surface area contributed by atoms with E-state index in [1.54, 1.807) is 0 Å². The number of amides is 1. The number of ether oxygens (including phenoxy) is 1. The highest BCUT2D eigenvalue weighted by Gasteiger charge is 2.34. The lowest BCUT2D eigenvalue weighted by molar-refractivity contribution is 0.0232. The highest BCUT2D eigenvalue weighted by molar-refractivity contribution is 5.69. The maximum absolute atomic E-state index is 12.2. The van der Waals surface area contributed by atoms with Crippen molar-refractivity contribution in [1.82, 2.24) is 10.2 Å². The van der Waals surface area contributed by atoms with Crippen LogP contribution in [0.15, 0.2) is 0 Å². The quantitative estimate of drug-likeness (QED) is 0.762. The summed E-state index contributed by atoms with van der Waals surface area (Å²) in [6, 6.07) is 1.11. The predicted octanol–water partition coefficient (Wildman–Crippen LogP) is 3.55. The van der Waals surface area contributed by atoms with Crippen molar-refractivity contribution < 1.29 is 9.53 Å². The zero-order valence-corrected chi connectivity index (χ0v) is 14.2. The summed E-state index contributed by atoms with van der Waals surface area (Å²) in [5.74, 6) is 0.868. The zero-order chi connectivity index (χ0) is 15.5. The van der Waals surface area contributed by atoms with E-state index in [0.717, 1.165) is 38.3 Å². The second-order valence-corrected chi connectivity index (χ2v) is 7.83. The molecule has 0 aliphatic heterocycles. The SMILES string of the molecule is CC1CCC(NCCCN(C(=O)OC(C)(C)C)C2CC2)C1. The van der Waals surface area contributed by atoms with Crippen LogP contribution in [0.4, 0.5) is 4.79 Å². The molecule has 4 heteroatoms. The van der Waals surface area contributed by atoms with Gasteiger partial charge in [0.25, 0.3) is 0 Å². The summed E-state index contributed by atoms with van der Waals surface area (Å²) in [6.07, 6.45) is 7.10. The van der Waals surface area contributed by atoms with Crippen molar-refractivity contribution >= 4 is 6.09 Å². The van der Waals surface area contributed by atoms with E-state index in [1.807, 2.05) is 25.7 Å². The lowest BCUT2D eigenvalue weighted by Crippen LogP contribution is -2.40. The smallest absolute Gasteiger partial charge is 0.410 e. The molecule has 0 aromatic carbocycles. The van der Waals surface area contributed by atoms with Crippen LogP contribution in [0.2, 0.25) is 0 Å². The van der Waals surface area contributed by atoms with Crippen LogP contribution < -0.4 is 5.32 Å². The van der Waals surface area contributed by atoms with Gasteiger partial charge in [0.15, 0.2) is 0 Å². The van der Waals surface area contributed by atoms with Crippen LogP contribution in [-0.4, -0.2) is 41.8 Å². The van der Waals surface area contributed by atoms with Gasteiger partial charge in [-0.05, 0) is 71.8 Å². The molecule has 4 nitrogen and oxygen atoms in total. The summed E-state index contributed by atoms with van der Waals surface area (Å²) >= 11 is 0. The number of hydrogen-bond donors (Lipinski definition) is 1. The average molecular weight is 296 g/mol. The van der Waals surface area contributed by atoms with Gasteiger partial charge < -0.3 is 15.0 Å². The number of carbonyl (C=O) groups excluding carboxylic acids is 1. The second kappa shape index (κ2) is 6.99. The maximum atomic E-state index is 12.2. The van der Waals surface area contributed by atoms with Gasteiger partial charge in [0.2, 0.25) is 0 Å². The minimum Gasteiger partial charge on any atom is -0.444 e. The molecule has 1 N–H and O–H groups in total. The van der Waals surface area contributed by atoms with Gasteiger partial charge >= 0.3 is 6.09 Å². The first-order valence-electron chi connectivity index (χ1n) is 8.58. The van der Waals surface area contributed by atoms with Gasteiger partial charge in [-0.2, -0.15) is 0 Å². The van der Waals surface area contributed by atoms with E-state index in [4.69, 9.17) is 4.74 Å². The van der Waals surface area contributed by atoms with Gasteiger partial charge in [-0.25, -0.2) is 4.79 Å². The number of hydrogen-bond acceptors (Lipinski definition) is 3. The van der Waals surface area contributed by atoms with E-state index >= 15 is 0 Å². The first-order chi connectivity index (χ1) is 9.85. The number of carbonyl (C=O) groups is 1. The predicted molar refractivity (Wildman–Crippen MR) is 85.4 cm³/mol. The fraction of sp³-hybridized carbons (Fsp3) is 0.941. The van der Waals surface area contributed by atoms with Crippen LogP contribution >= 0.6 is 0 Å². The molecule has 122 valence electrons. The molecule has 21 heavy (non-hydrogen) atoms. The molecule has 0 saturated heterocycles. The Morgan fingerprint density at radius 2 is 1.95 bits per heavy atom. The lowest BCUT2D eigenvalue weighted by atomic mass is 10.1. The van der Waals surface area contributed by atoms with Gasteiger partial charge in [0, 0.05) is 18.6 Å². The van der Waals surface area contributed by atoms with Crippen LogP contribution in [0, 0.1) is 5.92 Å². The van der Waals surface area contributed by atoms with E-state index in [9.17, 15) is 4.79 Å². The highest BCUT2D eigenvalue weighted by atomic mass is 16.6. The minimum absolute atomic E-state index is 0.139. The van der Waals surface area contributed by atoms with Gasteiger partial charge in [-0.3, -0.25) is 0 Å². The molecule has 2 aliphatic rings. The number of nitrogens with one attached hydrogen (secondary N) is 1. The van der Waals surface area contributed by atoms with Crippen molar-refractivity contribution in [2.75, 3.05) is 13.1 Å². The Hall–Kier alpha value is -0.770. The average Bonchev–Trinajstić information content (AvgIpc) is 3.10. The molecule has 0 heterocycles. The molecule has 2 rings (SSSR count). The fourth-order valence-corrected chi connectivity index (χ4v) is 3.08. The highest BCUT2D eigenvalue weighted by Crippen LogP contribution is 2.28. The van der Waals surface area contributed by atoms with Gasteiger partial charge in [-0.1, -0.05) is 6.92 Å². The Morgan fingerprint density at radius 1 is 1.24 bits per heavy atom. The third-order valence-electron chi connectivity index (χ3n) is 4.32. The molecule has 2 atom stereocenters. The number of nitrogens with zero attached hydrogens (tertiary/aromatic N) is 1. The molecule has 2 unspecified atom stereocenters. The molecular weight excluding hydrogens is 264 g/mol. The van der Waals surface area contributed by atoms with E-state index in [-0.39, 0.29) is 6.09 Å². The molecule has 2 aliphatic carbocycles. The monoisotopic (exact) mass is 296 g/mol. The summed E-state index contributed by atoms with van der Waals surface area (Å²) in [4.78, 5) is 14.2. The van der Waals surface area contributed by atoms with Gasteiger partial charge in [-0.15, -0.1) is 0 Å². The Balaban J connectivity index is 1.67. The van der Waals surface area contributed by atoms with Gasteiger partial charge in [0.1, 0.15) is 5.60 Å². The number of rotatable bonds is 6. The summed E-state index contributed by atoms with van der Waals surface area (Å²) in [5.41, 5.74) is -0.400. The molecule has 0 aromatic heterocycles. The lowest BCUT2D eigenvalue weighted by Gasteiger charge is -2.27. The van der Waals surface area contributed by atoms with Crippen LogP contribution in [0.25, 0.3) is 0 Å². The molecule has 0 radical (unpaired) electrons. The Kier molecular flexibility index (Phi) is 5.53. The fourth-order valence-electron chi connectivity index (χ4n) is 3.08. The third kappa shape index (κ3) is 5.85. The van der Waals surface area contributed by atoms with E-state index in [2.05, 4.69) is 12.2 Å². The molecule has 2 fully saturated rings. The van der Waals surface area contributed by atoms with Crippen molar-refractivity contribution in [2.24, 2.45) is 5.92 Å². The Morgan fingerprint density at radius 3 is 2.48 bits per heavy atom. The zero-order valence-electron chi connectivity index (χ0n) is 14.2. The largest absolute Gasteiger partial charge is 0.444 e. The van der Waals surface area contributed by atoms with Crippen molar-refractivity contribution in [2.45, 2.75) is 83.9 Å². The Bertz CT molecular complexity index is 347. The van der Waals surface area contributed by atoms with Crippen LogP contribution in [-0.2, 0) is 4.74 Å². The molecule has 2 saturated carbocycles. The summed E-state index contributed by atoms with van der Waals surface area (Å²) < 4.78 is 5.51.